The minimum absolute atomic E-state index is 0.0792. The summed E-state index contributed by atoms with van der Waals surface area (Å²) in [5.41, 5.74) is 7.13. The maximum atomic E-state index is 6.24. The zero-order chi connectivity index (χ0) is 11.8. The Bertz CT molecular complexity index is 483. The van der Waals surface area contributed by atoms with Crippen molar-refractivity contribution in [3.8, 4) is 0 Å². The van der Waals surface area contributed by atoms with Crippen molar-refractivity contribution in [2.24, 2.45) is 11.7 Å². The average Bonchev–Trinajstić information content (AvgIpc) is 3.08. The Morgan fingerprint density at radius 1 is 1.35 bits per heavy atom. The molecule has 0 aliphatic heterocycles. The number of ether oxygens (including phenoxy) is 1. The van der Waals surface area contributed by atoms with E-state index in [2.05, 4.69) is 0 Å². The van der Waals surface area contributed by atoms with Gasteiger partial charge in [-0.2, -0.15) is 0 Å². The van der Waals surface area contributed by atoms with Gasteiger partial charge in [-0.1, -0.05) is 18.2 Å². The fourth-order valence-electron chi connectivity index (χ4n) is 2.39. The molecule has 1 saturated carbocycles. The molecule has 0 radical (unpaired) electrons. The summed E-state index contributed by atoms with van der Waals surface area (Å²) in [7, 11) is 1.73. The summed E-state index contributed by atoms with van der Waals surface area (Å²) in [6.07, 6.45) is 2.51. The van der Waals surface area contributed by atoms with Crippen LogP contribution in [-0.2, 0) is 4.74 Å². The van der Waals surface area contributed by atoms with Crippen LogP contribution in [0.4, 0.5) is 0 Å². The van der Waals surface area contributed by atoms with Gasteiger partial charge in [0.2, 0.25) is 0 Å². The van der Waals surface area contributed by atoms with Gasteiger partial charge < -0.3 is 14.9 Å². The molecule has 3 nitrogen and oxygen atoms in total. The van der Waals surface area contributed by atoms with E-state index in [4.69, 9.17) is 14.9 Å². The lowest BCUT2D eigenvalue weighted by molar-refractivity contribution is 0.0568. The summed E-state index contributed by atoms with van der Waals surface area (Å²) in [4.78, 5) is 0. The van der Waals surface area contributed by atoms with Crippen molar-refractivity contribution in [1.29, 1.82) is 0 Å². The van der Waals surface area contributed by atoms with Crippen LogP contribution in [-0.4, -0.2) is 13.2 Å². The van der Waals surface area contributed by atoms with Crippen LogP contribution in [0.25, 0.3) is 11.0 Å². The van der Waals surface area contributed by atoms with Crippen molar-refractivity contribution in [2.45, 2.75) is 25.0 Å². The Morgan fingerprint density at radius 2 is 2.12 bits per heavy atom. The predicted octanol–water partition coefficient (Wildman–Crippen LogP) is 2.86. The summed E-state index contributed by atoms with van der Waals surface area (Å²) in [5, 5.41) is 1.10. The lowest BCUT2D eigenvalue weighted by atomic mass is 10.0. The number of benzene rings is 1. The molecular formula is C14H17NO2. The van der Waals surface area contributed by atoms with Gasteiger partial charge in [-0.25, -0.2) is 0 Å². The summed E-state index contributed by atoms with van der Waals surface area (Å²) in [5.74, 6) is 1.42. The lowest BCUT2D eigenvalue weighted by Crippen LogP contribution is -2.29. The summed E-state index contributed by atoms with van der Waals surface area (Å²) in [6.45, 7) is 0. The number of hydrogen-bond acceptors (Lipinski definition) is 3. The summed E-state index contributed by atoms with van der Waals surface area (Å²) >= 11 is 0. The lowest BCUT2D eigenvalue weighted by Gasteiger charge is -2.20. The van der Waals surface area contributed by atoms with Gasteiger partial charge in [0.15, 0.2) is 0 Å². The number of furan rings is 1. The van der Waals surface area contributed by atoms with Gasteiger partial charge in [0, 0.05) is 12.5 Å². The van der Waals surface area contributed by atoms with Crippen LogP contribution in [0, 0.1) is 5.92 Å². The third kappa shape index (κ3) is 1.96. The molecule has 1 aromatic carbocycles. The fourth-order valence-corrected chi connectivity index (χ4v) is 2.39. The number of hydrogen-bond donors (Lipinski definition) is 1. The third-order valence-electron chi connectivity index (χ3n) is 3.49. The van der Waals surface area contributed by atoms with Crippen molar-refractivity contribution >= 4 is 11.0 Å². The van der Waals surface area contributed by atoms with E-state index in [0.29, 0.717) is 5.92 Å². The molecule has 1 heterocycles. The van der Waals surface area contributed by atoms with Crippen molar-refractivity contribution in [1.82, 2.24) is 0 Å². The zero-order valence-corrected chi connectivity index (χ0v) is 9.93. The highest BCUT2D eigenvalue weighted by Crippen LogP contribution is 2.39. The average molecular weight is 231 g/mol. The molecule has 17 heavy (non-hydrogen) atoms. The van der Waals surface area contributed by atoms with Gasteiger partial charge in [-0.05, 0) is 30.9 Å². The number of rotatable bonds is 4. The molecule has 1 fully saturated rings. The second-order valence-electron chi connectivity index (χ2n) is 4.75. The zero-order valence-electron chi connectivity index (χ0n) is 9.93. The SMILES string of the molecule is COC(C1CC1)C(N)c1cc2ccccc2o1. The largest absolute Gasteiger partial charge is 0.459 e. The van der Waals surface area contributed by atoms with Crippen LogP contribution < -0.4 is 5.73 Å². The molecule has 1 aliphatic carbocycles. The van der Waals surface area contributed by atoms with Gasteiger partial charge in [0.25, 0.3) is 0 Å². The minimum atomic E-state index is -0.167. The molecule has 2 aromatic rings. The monoisotopic (exact) mass is 231 g/mol. The van der Waals surface area contributed by atoms with Crippen LogP contribution in [0.2, 0.25) is 0 Å². The molecule has 0 bridgehead atoms. The van der Waals surface area contributed by atoms with E-state index in [1.807, 2.05) is 30.3 Å². The molecule has 0 amide bonds. The van der Waals surface area contributed by atoms with Crippen molar-refractivity contribution in [2.75, 3.05) is 7.11 Å². The standard InChI is InChI=1S/C14H17NO2/c1-16-14(9-6-7-9)13(15)12-8-10-4-2-3-5-11(10)17-12/h2-5,8-9,13-14H,6-7,15H2,1H3. The van der Waals surface area contributed by atoms with Gasteiger partial charge in [-0.15, -0.1) is 0 Å². The van der Waals surface area contributed by atoms with E-state index in [1.54, 1.807) is 7.11 Å². The van der Waals surface area contributed by atoms with E-state index in [1.165, 1.54) is 12.8 Å². The Labute approximate surface area is 101 Å². The number of fused-ring (bicyclic) bond motifs is 1. The van der Waals surface area contributed by atoms with E-state index >= 15 is 0 Å². The van der Waals surface area contributed by atoms with E-state index < -0.39 is 0 Å². The molecule has 0 spiro atoms. The van der Waals surface area contributed by atoms with E-state index in [9.17, 15) is 0 Å². The smallest absolute Gasteiger partial charge is 0.134 e. The fraction of sp³-hybridized carbons (Fsp3) is 0.429. The highest BCUT2D eigenvalue weighted by atomic mass is 16.5. The van der Waals surface area contributed by atoms with Crippen LogP contribution in [0.3, 0.4) is 0 Å². The summed E-state index contributed by atoms with van der Waals surface area (Å²) < 4.78 is 11.3. The number of nitrogens with two attached hydrogens (primary N) is 1. The second kappa shape index (κ2) is 4.17. The minimum Gasteiger partial charge on any atom is -0.459 e. The Balaban J connectivity index is 1.91. The van der Waals surface area contributed by atoms with Crippen molar-refractivity contribution < 1.29 is 9.15 Å². The molecule has 90 valence electrons. The van der Waals surface area contributed by atoms with Gasteiger partial charge in [0.05, 0.1) is 12.1 Å². The normalized spacial score (nSPS) is 19.4. The van der Waals surface area contributed by atoms with Gasteiger partial charge in [0.1, 0.15) is 11.3 Å². The Hall–Kier alpha value is -1.32. The van der Waals surface area contributed by atoms with Crippen LogP contribution in [0.1, 0.15) is 24.6 Å². The molecule has 3 rings (SSSR count). The molecule has 1 aliphatic rings. The van der Waals surface area contributed by atoms with Crippen LogP contribution >= 0.6 is 0 Å². The third-order valence-corrected chi connectivity index (χ3v) is 3.49. The van der Waals surface area contributed by atoms with Gasteiger partial charge in [-0.3, -0.25) is 0 Å². The second-order valence-corrected chi connectivity index (χ2v) is 4.75. The van der Waals surface area contributed by atoms with E-state index in [0.717, 1.165) is 16.7 Å². The first-order valence-electron chi connectivity index (χ1n) is 6.06. The van der Waals surface area contributed by atoms with Crippen LogP contribution in [0.15, 0.2) is 34.7 Å². The molecule has 2 N–H and O–H groups in total. The van der Waals surface area contributed by atoms with E-state index in [-0.39, 0.29) is 12.1 Å². The van der Waals surface area contributed by atoms with Gasteiger partial charge >= 0.3 is 0 Å². The maximum Gasteiger partial charge on any atom is 0.134 e. The molecular weight excluding hydrogens is 214 g/mol. The topological polar surface area (TPSA) is 48.4 Å². The molecule has 1 aromatic heterocycles. The first kappa shape index (κ1) is 10.8. The molecule has 2 unspecified atom stereocenters. The molecule has 2 atom stereocenters. The number of para-hydroxylation sites is 1. The van der Waals surface area contributed by atoms with Crippen LogP contribution in [0.5, 0.6) is 0 Å². The highest BCUT2D eigenvalue weighted by Gasteiger charge is 2.37. The molecule has 0 saturated heterocycles. The number of methoxy groups -OCH3 is 1. The molecule has 3 heteroatoms. The first-order valence-corrected chi connectivity index (χ1v) is 6.06. The predicted molar refractivity (Wildman–Crippen MR) is 66.7 cm³/mol. The van der Waals surface area contributed by atoms with Crippen molar-refractivity contribution in [3.05, 3.63) is 36.1 Å². The van der Waals surface area contributed by atoms with Crippen molar-refractivity contribution in [3.63, 3.8) is 0 Å². The Morgan fingerprint density at radius 3 is 2.76 bits per heavy atom. The Kier molecular flexibility index (Phi) is 2.65. The summed E-state index contributed by atoms with van der Waals surface area (Å²) in [6, 6.07) is 9.82. The quantitative estimate of drug-likeness (QED) is 0.880. The highest BCUT2D eigenvalue weighted by molar-refractivity contribution is 5.77. The maximum absolute atomic E-state index is 6.24. The first-order chi connectivity index (χ1) is 8.29.